The maximum Gasteiger partial charge on any atom is 0.227 e. The SMILES string of the molecule is COCCC(C)C(=O)Nc1ccc(N(C)CCO)cc1. The van der Waals surface area contributed by atoms with Crippen molar-refractivity contribution in [1.29, 1.82) is 0 Å². The third-order valence-corrected chi connectivity index (χ3v) is 3.21. The molecule has 0 spiro atoms. The van der Waals surface area contributed by atoms with Crippen LogP contribution in [0.4, 0.5) is 11.4 Å². The number of aliphatic hydroxyl groups excluding tert-OH is 1. The van der Waals surface area contributed by atoms with Crippen molar-refractivity contribution in [1.82, 2.24) is 0 Å². The van der Waals surface area contributed by atoms with Crippen LogP contribution in [0.2, 0.25) is 0 Å². The van der Waals surface area contributed by atoms with Crippen molar-refractivity contribution in [2.24, 2.45) is 5.92 Å². The molecule has 0 bridgehead atoms. The lowest BCUT2D eigenvalue weighted by Gasteiger charge is -2.18. The quantitative estimate of drug-likeness (QED) is 0.761. The number of nitrogens with zero attached hydrogens (tertiary/aromatic N) is 1. The minimum Gasteiger partial charge on any atom is -0.395 e. The van der Waals surface area contributed by atoms with Crippen LogP contribution in [0.3, 0.4) is 0 Å². The highest BCUT2D eigenvalue weighted by Crippen LogP contribution is 2.17. The number of nitrogens with one attached hydrogen (secondary N) is 1. The molecule has 0 heterocycles. The molecule has 1 unspecified atom stereocenters. The molecule has 0 aromatic heterocycles. The van der Waals surface area contributed by atoms with Gasteiger partial charge < -0.3 is 20.1 Å². The molecule has 0 saturated carbocycles. The minimum absolute atomic E-state index is 0.00138. The maximum atomic E-state index is 11.9. The molecule has 5 nitrogen and oxygen atoms in total. The Morgan fingerprint density at radius 2 is 2.05 bits per heavy atom. The van der Waals surface area contributed by atoms with Gasteiger partial charge in [0.1, 0.15) is 0 Å². The first-order valence-electron chi connectivity index (χ1n) is 6.80. The number of anilines is 2. The van der Waals surface area contributed by atoms with Gasteiger partial charge in [0.2, 0.25) is 5.91 Å². The predicted molar refractivity (Wildman–Crippen MR) is 81.1 cm³/mol. The molecule has 1 atom stereocenters. The van der Waals surface area contributed by atoms with Crippen LogP contribution in [0.1, 0.15) is 13.3 Å². The van der Waals surface area contributed by atoms with Gasteiger partial charge in [-0.2, -0.15) is 0 Å². The van der Waals surface area contributed by atoms with Gasteiger partial charge in [0, 0.05) is 44.6 Å². The normalized spacial score (nSPS) is 12.0. The van der Waals surface area contributed by atoms with Crippen LogP contribution >= 0.6 is 0 Å². The van der Waals surface area contributed by atoms with E-state index in [1.54, 1.807) is 7.11 Å². The number of rotatable bonds is 8. The number of ether oxygens (including phenoxy) is 1. The van der Waals surface area contributed by atoms with Gasteiger partial charge in [0.25, 0.3) is 0 Å². The highest BCUT2D eigenvalue weighted by Gasteiger charge is 2.12. The molecule has 112 valence electrons. The summed E-state index contributed by atoms with van der Waals surface area (Å²) >= 11 is 0. The van der Waals surface area contributed by atoms with E-state index in [1.165, 1.54) is 0 Å². The summed E-state index contributed by atoms with van der Waals surface area (Å²) in [6.45, 7) is 3.17. The van der Waals surface area contributed by atoms with E-state index >= 15 is 0 Å². The predicted octanol–water partition coefficient (Wildman–Crippen LogP) is 1.73. The summed E-state index contributed by atoms with van der Waals surface area (Å²) in [5.41, 5.74) is 1.78. The molecule has 0 aliphatic heterocycles. The Hall–Kier alpha value is -1.59. The van der Waals surface area contributed by atoms with Crippen LogP contribution in [-0.4, -0.2) is 44.9 Å². The third-order valence-electron chi connectivity index (χ3n) is 3.21. The van der Waals surface area contributed by atoms with E-state index in [0.29, 0.717) is 19.6 Å². The number of aliphatic hydroxyl groups is 1. The van der Waals surface area contributed by atoms with Gasteiger partial charge in [0.15, 0.2) is 0 Å². The van der Waals surface area contributed by atoms with E-state index in [1.807, 2.05) is 43.1 Å². The van der Waals surface area contributed by atoms with Gasteiger partial charge >= 0.3 is 0 Å². The van der Waals surface area contributed by atoms with Gasteiger partial charge in [0.05, 0.1) is 6.61 Å². The van der Waals surface area contributed by atoms with E-state index in [0.717, 1.165) is 11.4 Å². The summed E-state index contributed by atoms with van der Waals surface area (Å²) in [4.78, 5) is 13.9. The van der Waals surface area contributed by atoms with Crippen molar-refractivity contribution in [3.63, 3.8) is 0 Å². The maximum absolute atomic E-state index is 11.9. The molecular weight excluding hydrogens is 256 g/mol. The summed E-state index contributed by atoms with van der Waals surface area (Å²) in [6.07, 6.45) is 0.708. The Morgan fingerprint density at radius 1 is 1.40 bits per heavy atom. The van der Waals surface area contributed by atoms with Crippen LogP contribution in [0, 0.1) is 5.92 Å². The number of hydrogen-bond acceptors (Lipinski definition) is 4. The fourth-order valence-corrected chi connectivity index (χ4v) is 1.77. The largest absolute Gasteiger partial charge is 0.395 e. The molecule has 0 aliphatic rings. The minimum atomic E-state index is -0.0771. The summed E-state index contributed by atoms with van der Waals surface area (Å²) in [7, 11) is 3.54. The molecule has 0 radical (unpaired) electrons. The summed E-state index contributed by atoms with van der Waals surface area (Å²) in [6, 6.07) is 7.57. The number of hydrogen-bond donors (Lipinski definition) is 2. The molecule has 20 heavy (non-hydrogen) atoms. The van der Waals surface area contributed by atoms with E-state index < -0.39 is 0 Å². The van der Waals surface area contributed by atoms with Crippen molar-refractivity contribution in [2.75, 3.05) is 44.1 Å². The molecule has 0 aliphatic carbocycles. The van der Waals surface area contributed by atoms with Crippen molar-refractivity contribution >= 4 is 17.3 Å². The Kier molecular flexibility index (Phi) is 7.04. The molecule has 5 heteroatoms. The van der Waals surface area contributed by atoms with E-state index in [2.05, 4.69) is 5.32 Å². The van der Waals surface area contributed by atoms with Gasteiger partial charge in [-0.15, -0.1) is 0 Å². The topological polar surface area (TPSA) is 61.8 Å². The first-order chi connectivity index (χ1) is 9.58. The van der Waals surface area contributed by atoms with Crippen molar-refractivity contribution in [3.05, 3.63) is 24.3 Å². The van der Waals surface area contributed by atoms with Gasteiger partial charge in [-0.3, -0.25) is 4.79 Å². The average Bonchev–Trinajstić information content (AvgIpc) is 2.45. The van der Waals surface area contributed by atoms with Gasteiger partial charge in [-0.25, -0.2) is 0 Å². The lowest BCUT2D eigenvalue weighted by atomic mass is 10.1. The molecule has 1 amide bonds. The number of benzene rings is 1. The van der Waals surface area contributed by atoms with Crippen molar-refractivity contribution in [3.8, 4) is 0 Å². The third kappa shape index (κ3) is 5.19. The van der Waals surface area contributed by atoms with Crippen LogP contribution in [0.5, 0.6) is 0 Å². The van der Waals surface area contributed by atoms with E-state index in [4.69, 9.17) is 9.84 Å². The lowest BCUT2D eigenvalue weighted by Crippen LogP contribution is -2.22. The number of methoxy groups -OCH3 is 1. The zero-order valence-corrected chi connectivity index (χ0v) is 12.4. The number of likely N-dealkylation sites (N-methyl/N-ethyl adjacent to an activating group) is 1. The summed E-state index contributed by atoms with van der Waals surface area (Å²) in [5, 5.41) is 11.8. The van der Waals surface area contributed by atoms with Crippen LogP contribution < -0.4 is 10.2 Å². The number of carbonyl (C=O) groups is 1. The molecule has 0 saturated heterocycles. The van der Waals surface area contributed by atoms with Crippen LogP contribution in [-0.2, 0) is 9.53 Å². The molecule has 1 rings (SSSR count). The van der Waals surface area contributed by atoms with Crippen LogP contribution in [0.25, 0.3) is 0 Å². The van der Waals surface area contributed by atoms with E-state index in [9.17, 15) is 4.79 Å². The highest BCUT2D eigenvalue weighted by atomic mass is 16.5. The van der Waals surface area contributed by atoms with Crippen molar-refractivity contribution < 1.29 is 14.6 Å². The second-order valence-corrected chi connectivity index (χ2v) is 4.86. The molecule has 1 aromatic rings. The fourth-order valence-electron chi connectivity index (χ4n) is 1.77. The fraction of sp³-hybridized carbons (Fsp3) is 0.533. The molecule has 0 fully saturated rings. The van der Waals surface area contributed by atoms with Gasteiger partial charge in [-0.05, 0) is 30.7 Å². The average molecular weight is 280 g/mol. The van der Waals surface area contributed by atoms with E-state index in [-0.39, 0.29) is 18.4 Å². The number of amides is 1. The second-order valence-electron chi connectivity index (χ2n) is 4.86. The van der Waals surface area contributed by atoms with Crippen LogP contribution in [0.15, 0.2) is 24.3 Å². The van der Waals surface area contributed by atoms with Gasteiger partial charge in [-0.1, -0.05) is 6.92 Å². The summed E-state index contributed by atoms with van der Waals surface area (Å²) in [5.74, 6) is -0.0785. The van der Waals surface area contributed by atoms with Crippen molar-refractivity contribution in [2.45, 2.75) is 13.3 Å². The zero-order valence-electron chi connectivity index (χ0n) is 12.4. The Bertz CT molecular complexity index is 406. The molecule has 1 aromatic carbocycles. The zero-order chi connectivity index (χ0) is 15.0. The smallest absolute Gasteiger partial charge is 0.227 e. The molecular formula is C15H24N2O3. The Morgan fingerprint density at radius 3 is 2.60 bits per heavy atom. The number of carbonyl (C=O) groups excluding carboxylic acids is 1. The highest BCUT2D eigenvalue weighted by molar-refractivity contribution is 5.92. The Labute approximate surface area is 120 Å². The molecule has 2 N–H and O–H groups in total. The second kappa shape index (κ2) is 8.55. The first kappa shape index (κ1) is 16.5. The monoisotopic (exact) mass is 280 g/mol. The first-order valence-corrected chi connectivity index (χ1v) is 6.80. The Balaban J connectivity index is 2.54. The summed E-state index contributed by atoms with van der Waals surface area (Å²) < 4.78 is 4.97. The standard InChI is InChI=1S/C15H24N2O3/c1-12(8-11-20-3)15(19)16-13-4-6-14(7-5-13)17(2)9-10-18/h4-7,12,18H,8-11H2,1-3H3,(H,16,19). The lowest BCUT2D eigenvalue weighted by molar-refractivity contribution is -0.119.